The number of hydrogen-bond donors (Lipinski definition) is 2. The maximum Gasteiger partial charge on any atom is 0.273 e. The summed E-state index contributed by atoms with van der Waals surface area (Å²) in [7, 11) is 1.72. The minimum absolute atomic E-state index is 0.231. The molecule has 7 heteroatoms. The molecular weight excluding hydrogens is 222 g/mol. The third kappa shape index (κ3) is 2.62. The van der Waals surface area contributed by atoms with Crippen LogP contribution >= 0.6 is 0 Å². The minimum atomic E-state index is -0.368. The highest BCUT2D eigenvalue weighted by molar-refractivity contribution is 5.92. The van der Waals surface area contributed by atoms with Crippen LogP contribution in [0.5, 0.6) is 0 Å². The number of amides is 1. The highest BCUT2D eigenvalue weighted by atomic mass is 16.5. The Labute approximate surface area is 99.3 Å². The molecule has 0 bridgehead atoms. The molecule has 0 radical (unpaired) electrons. The Kier molecular flexibility index (Phi) is 3.39. The van der Waals surface area contributed by atoms with Crippen LogP contribution in [0.3, 0.4) is 0 Å². The van der Waals surface area contributed by atoms with E-state index in [2.05, 4.69) is 15.6 Å². The smallest absolute Gasteiger partial charge is 0.273 e. The summed E-state index contributed by atoms with van der Waals surface area (Å²) in [4.78, 5) is 12.0. The van der Waals surface area contributed by atoms with Crippen LogP contribution in [0.1, 0.15) is 23.3 Å². The Morgan fingerprint density at radius 2 is 2.35 bits per heavy atom. The van der Waals surface area contributed by atoms with E-state index < -0.39 is 0 Å². The average Bonchev–Trinajstić information content (AvgIpc) is 2.77. The number of nitrogens with zero attached hydrogens (tertiary/aromatic N) is 3. The Morgan fingerprint density at radius 1 is 1.65 bits per heavy atom. The molecule has 0 aliphatic carbocycles. The number of rotatable bonds is 3. The second kappa shape index (κ2) is 4.80. The summed E-state index contributed by atoms with van der Waals surface area (Å²) in [6, 6.07) is 0. The molecule has 2 heterocycles. The van der Waals surface area contributed by atoms with Gasteiger partial charge in [0.15, 0.2) is 5.69 Å². The lowest BCUT2D eigenvalue weighted by Crippen LogP contribution is -2.56. The maximum atomic E-state index is 12.0. The number of ether oxygens (including phenoxy) is 1. The van der Waals surface area contributed by atoms with Crippen LogP contribution in [-0.2, 0) is 11.8 Å². The number of carbonyl (C=O) groups is 1. The molecular formula is C10H17N5O2. The molecule has 0 spiro atoms. The van der Waals surface area contributed by atoms with Crippen LogP contribution in [0.15, 0.2) is 6.20 Å². The number of carbonyl (C=O) groups excluding carboxylic acids is 1. The third-order valence-electron chi connectivity index (χ3n) is 3.05. The van der Waals surface area contributed by atoms with Crippen molar-refractivity contribution in [1.82, 2.24) is 20.3 Å². The first-order valence-corrected chi connectivity index (χ1v) is 5.62. The molecule has 0 atom stereocenters. The molecule has 1 amide bonds. The van der Waals surface area contributed by atoms with Gasteiger partial charge in [-0.2, -0.15) is 0 Å². The molecule has 7 nitrogen and oxygen atoms in total. The van der Waals surface area contributed by atoms with Crippen LogP contribution in [0, 0.1) is 0 Å². The van der Waals surface area contributed by atoms with Crippen molar-refractivity contribution in [1.29, 1.82) is 0 Å². The van der Waals surface area contributed by atoms with Gasteiger partial charge >= 0.3 is 0 Å². The van der Waals surface area contributed by atoms with Gasteiger partial charge in [0.2, 0.25) is 0 Å². The zero-order valence-corrected chi connectivity index (χ0v) is 9.85. The topological polar surface area (TPSA) is 95.1 Å². The predicted molar refractivity (Wildman–Crippen MR) is 60.3 cm³/mol. The summed E-state index contributed by atoms with van der Waals surface area (Å²) < 4.78 is 6.77. The molecule has 17 heavy (non-hydrogen) atoms. The van der Waals surface area contributed by atoms with Crippen molar-refractivity contribution >= 4 is 5.91 Å². The van der Waals surface area contributed by atoms with Crippen LogP contribution in [-0.4, -0.2) is 46.2 Å². The Balaban J connectivity index is 2.05. The van der Waals surface area contributed by atoms with Gasteiger partial charge in [-0.1, -0.05) is 5.21 Å². The highest BCUT2D eigenvalue weighted by Gasteiger charge is 2.33. The monoisotopic (exact) mass is 239 g/mol. The normalized spacial score (nSPS) is 18.9. The van der Waals surface area contributed by atoms with Gasteiger partial charge in [-0.05, 0) is 12.8 Å². The van der Waals surface area contributed by atoms with Crippen LogP contribution in [0.2, 0.25) is 0 Å². The Hall–Kier alpha value is -1.47. The van der Waals surface area contributed by atoms with Crippen molar-refractivity contribution < 1.29 is 9.53 Å². The summed E-state index contributed by atoms with van der Waals surface area (Å²) in [5.41, 5.74) is 5.70. The van der Waals surface area contributed by atoms with Crippen molar-refractivity contribution in [3.63, 3.8) is 0 Å². The lowest BCUT2D eigenvalue weighted by Gasteiger charge is -2.36. The molecule has 1 aromatic heterocycles. The first kappa shape index (κ1) is 12.0. The fourth-order valence-electron chi connectivity index (χ4n) is 1.90. The van der Waals surface area contributed by atoms with E-state index in [-0.39, 0.29) is 11.4 Å². The molecule has 1 aromatic rings. The summed E-state index contributed by atoms with van der Waals surface area (Å²) >= 11 is 0. The molecule has 3 N–H and O–H groups in total. The van der Waals surface area contributed by atoms with Crippen LogP contribution < -0.4 is 11.1 Å². The fourth-order valence-corrected chi connectivity index (χ4v) is 1.90. The van der Waals surface area contributed by atoms with Gasteiger partial charge in [0, 0.05) is 26.8 Å². The maximum absolute atomic E-state index is 12.0. The van der Waals surface area contributed by atoms with Crippen molar-refractivity contribution in [2.75, 3.05) is 19.8 Å². The van der Waals surface area contributed by atoms with E-state index in [1.54, 1.807) is 13.2 Å². The first-order valence-electron chi connectivity index (χ1n) is 5.62. The highest BCUT2D eigenvalue weighted by Crippen LogP contribution is 2.19. The largest absolute Gasteiger partial charge is 0.381 e. The molecule has 0 unspecified atom stereocenters. The van der Waals surface area contributed by atoms with Gasteiger partial charge in [-0.3, -0.25) is 9.48 Å². The summed E-state index contributed by atoms with van der Waals surface area (Å²) in [5.74, 6) is -0.231. The number of nitrogens with two attached hydrogens (primary N) is 1. The van der Waals surface area contributed by atoms with Gasteiger partial charge in [0.25, 0.3) is 5.91 Å². The van der Waals surface area contributed by atoms with Crippen molar-refractivity contribution in [2.45, 2.75) is 18.4 Å². The zero-order valence-electron chi connectivity index (χ0n) is 9.85. The van der Waals surface area contributed by atoms with Crippen molar-refractivity contribution in [2.24, 2.45) is 12.8 Å². The lowest BCUT2D eigenvalue weighted by molar-refractivity contribution is 0.0387. The summed E-state index contributed by atoms with van der Waals surface area (Å²) in [5, 5.41) is 10.5. The standard InChI is InChI=1S/C10H17N5O2/c1-15-6-8(13-14-15)9(16)12-10(7-11)2-4-17-5-3-10/h6H,2-5,7,11H2,1H3,(H,12,16). The SMILES string of the molecule is Cn1cc(C(=O)NC2(CN)CCOCC2)nn1. The number of aryl methyl sites for hydroxylation is 1. The summed E-state index contributed by atoms with van der Waals surface area (Å²) in [6.07, 6.45) is 3.05. The van der Waals surface area contributed by atoms with E-state index in [0.717, 1.165) is 12.8 Å². The van der Waals surface area contributed by atoms with E-state index >= 15 is 0 Å². The van der Waals surface area contributed by atoms with Gasteiger partial charge in [0.1, 0.15) is 0 Å². The van der Waals surface area contributed by atoms with Crippen molar-refractivity contribution in [3.8, 4) is 0 Å². The van der Waals surface area contributed by atoms with E-state index in [1.807, 2.05) is 0 Å². The molecule has 1 aliphatic rings. The van der Waals surface area contributed by atoms with Crippen LogP contribution in [0.25, 0.3) is 0 Å². The Morgan fingerprint density at radius 3 is 2.88 bits per heavy atom. The van der Waals surface area contributed by atoms with Gasteiger partial charge in [0.05, 0.1) is 11.7 Å². The van der Waals surface area contributed by atoms with Crippen LogP contribution in [0.4, 0.5) is 0 Å². The predicted octanol–water partition coefficient (Wildman–Crippen LogP) is -0.947. The zero-order chi connectivity index (χ0) is 12.3. The molecule has 1 aliphatic heterocycles. The van der Waals surface area contributed by atoms with Gasteiger partial charge in [-0.25, -0.2) is 0 Å². The van der Waals surface area contributed by atoms with E-state index in [4.69, 9.17) is 10.5 Å². The quantitative estimate of drug-likeness (QED) is 0.709. The number of aromatic nitrogens is 3. The fraction of sp³-hybridized carbons (Fsp3) is 0.700. The summed E-state index contributed by atoms with van der Waals surface area (Å²) in [6.45, 7) is 1.65. The molecule has 0 aromatic carbocycles. The number of nitrogens with one attached hydrogen (secondary N) is 1. The third-order valence-corrected chi connectivity index (χ3v) is 3.05. The molecule has 0 saturated carbocycles. The molecule has 1 fully saturated rings. The second-order valence-corrected chi connectivity index (χ2v) is 4.33. The minimum Gasteiger partial charge on any atom is -0.381 e. The number of hydrogen-bond acceptors (Lipinski definition) is 5. The Bertz CT molecular complexity index is 397. The average molecular weight is 239 g/mol. The molecule has 94 valence electrons. The first-order chi connectivity index (χ1) is 8.15. The second-order valence-electron chi connectivity index (χ2n) is 4.33. The van der Waals surface area contributed by atoms with Crippen molar-refractivity contribution in [3.05, 3.63) is 11.9 Å². The van der Waals surface area contributed by atoms with E-state index in [9.17, 15) is 4.79 Å². The molecule has 1 saturated heterocycles. The molecule has 2 rings (SSSR count). The van der Waals surface area contributed by atoms with E-state index in [0.29, 0.717) is 25.5 Å². The lowest BCUT2D eigenvalue weighted by atomic mass is 9.90. The van der Waals surface area contributed by atoms with E-state index in [1.165, 1.54) is 4.68 Å². The van der Waals surface area contributed by atoms with Gasteiger partial charge in [-0.15, -0.1) is 5.10 Å². The van der Waals surface area contributed by atoms with Gasteiger partial charge < -0.3 is 15.8 Å².